The molecule has 2 aliphatic heterocycles. The molecule has 0 saturated carbocycles. The summed E-state index contributed by atoms with van der Waals surface area (Å²) in [5, 5.41) is 0. The molecule has 1 atom stereocenters. The monoisotopic (exact) mass is 520 g/mol. The maximum atomic E-state index is 13.4. The summed E-state index contributed by atoms with van der Waals surface area (Å²) in [7, 11) is -3.99. The van der Waals surface area contributed by atoms with Gasteiger partial charge in [-0.2, -0.15) is 4.39 Å². The van der Waals surface area contributed by atoms with Crippen molar-refractivity contribution >= 4 is 21.5 Å². The van der Waals surface area contributed by atoms with Crippen LogP contribution in [0.15, 0.2) is 59.5 Å². The van der Waals surface area contributed by atoms with Crippen molar-refractivity contribution < 1.29 is 17.5 Å². The summed E-state index contributed by atoms with van der Waals surface area (Å²) in [6.45, 7) is 7.16. The van der Waals surface area contributed by atoms with Crippen molar-refractivity contribution in [1.29, 1.82) is 0 Å². The van der Waals surface area contributed by atoms with Gasteiger partial charge in [0.1, 0.15) is 11.6 Å². The van der Waals surface area contributed by atoms with Gasteiger partial charge in [-0.1, -0.05) is 30.0 Å². The number of pyridine rings is 1. The fourth-order valence-corrected chi connectivity index (χ4v) is 5.96. The quantitative estimate of drug-likeness (QED) is 0.375. The number of ether oxygens (including phenoxy) is 1. The van der Waals surface area contributed by atoms with Crippen molar-refractivity contribution in [2.75, 3.05) is 36.0 Å². The second-order valence-electron chi connectivity index (χ2n) is 9.37. The Kier molecular flexibility index (Phi) is 7.04. The Morgan fingerprint density at radius 3 is 2.70 bits per heavy atom. The molecule has 2 aromatic carbocycles. The topological polar surface area (TPSA) is 74.8 Å². The lowest BCUT2D eigenvalue weighted by Crippen LogP contribution is -2.26. The van der Waals surface area contributed by atoms with Crippen molar-refractivity contribution in [3.05, 3.63) is 77.2 Å². The lowest BCUT2D eigenvalue weighted by Gasteiger charge is -2.26. The molecule has 9 heteroatoms. The van der Waals surface area contributed by atoms with Crippen LogP contribution in [-0.4, -0.2) is 44.7 Å². The first-order valence-corrected chi connectivity index (χ1v) is 13.8. The minimum atomic E-state index is -3.99. The van der Waals surface area contributed by atoms with Gasteiger partial charge in [0.05, 0.1) is 23.2 Å². The molecule has 1 fully saturated rings. The van der Waals surface area contributed by atoms with Gasteiger partial charge in [0.2, 0.25) is 5.95 Å². The van der Waals surface area contributed by atoms with Crippen molar-refractivity contribution in [2.24, 2.45) is 0 Å². The number of fused-ring (bicyclic) bond motifs is 1. The van der Waals surface area contributed by atoms with Crippen molar-refractivity contribution in [3.8, 4) is 17.6 Å². The number of benzene rings is 2. The number of nitrogens with zero attached hydrogens (tertiary/aromatic N) is 3. The second-order valence-corrected chi connectivity index (χ2v) is 11.0. The van der Waals surface area contributed by atoms with Crippen molar-refractivity contribution in [1.82, 2.24) is 9.88 Å². The van der Waals surface area contributed by atoms with E-state index in [0.29, 0.717) is 18.0 Å². The molecule has 1 unspecified atom stereocenters. The lowest BCUT2D eigenvalue weighted by molar-refractivity contribution is 0.336. The van der Waals surface area contributed by atoms with Gasteiger partial charge in [0.15, 0.2) is 6.73 Å². The summed E-state index contributed by atoms with van der Waals surface area (Å²) < 4.78 is 47.7. The summed E-state index contributed by atoms with van der Waals surface area (Å²) in [4.78, 5) is 8.12. The zero-order valence-electron chi connectivity index (χ0n) is 20.9. The molecule has 192 valence electrons. The molecule has 5 rings (SSSR count). The number of likely N-dealkylation sites (tertiary alicyclic amines) is 1. The summed E-state index contributed by atoms with van der Waals surface area (Å²) in [6.07, 6.45) is 2.50. The molecule has 0 bridgehead atoms. The van der Waals surface area contributed by atoms with Gasteiger partial charge in [0, 0.05) is 11.6 Å². The van der Waals surface area contributed by atoms with E-state index < -0.39 is 16.0 Å². The number of aromatic nitrogens is 1. The molecule has 3 heterocycles. The Morgan fingerprint density at radius 2 is 1.92 bits per heavy atom. The van der Waals surface area contributed by atoms with E-state index >= 15 is 0 Å². The number of aryl methyl sites for hydroxylation is 1. The van der Waals surface area contributed by atoms with Gasteiger partial charge in [-0.15, -0.1) is 0 Å². The van der Waals surface area contributed by atoms with Crippen LogP contribution in [0.2, 0.25) is 0 Å². The molecule has 0 spiro atoms. The van der Waals surface area contributed by atoms with Crippen LogP contribution in [0.5, 0.6) is 5.75 Å². The molecule has 0 aliphatic carbocycles. The highest BCUT2D eigenvalue weighted by Crippen LogP contribution is 2.42. The Morgan fingerprint density at radius 1 is 1.14 bits per heavy atom. The van der Waals surface area contributed by atoms with Gasteiger partial charge >= 0.3 is 0 Å². The van der Waals surface area contributed by atoms with Gasteiger partial charge in [0.25, 0.3) is 10.0 Å². The number of anilines is 2. The normalized spacial score (nSPS) is 16.0. The fraction of sp³-hybridized carbons (Fsp3) is 0.321. The number of hydrogen-bond acceptors (Lipinski definition) is 6. The third kappa shape index (κ3) is 5.55. The zero-order valence-corrected chi connectivity index (χ0v) is 21.7. The third-order valence-corrected chi connectivity index (χ3v) is 8.24. The van der Waals surface area contributed by atoms with E-state index in [-0.39, 0.29) is 16.8 Å². The minimum Gasteiger partial charge on any atom is -0.471 e. The molecule has 1 N–H and O–H groups in total. The van der Waals surface area contributed by atoms with Gasteiger partial charge in [-0.05, 0) is 81.2 Å². The molecule has 1 saturated heterocycles. The van der Waals surface area contributed by atoms with Gasteiger partial charge in [-0.3, -0.25) is 9.62 Å². The maximum absolute atomic E-state index is 13.4. The number of sulfonamides is 1. The van der Waals surface area contributed by atoms with E-state index in [1.165, 1.54) is 31.0 Å². The predicted octanol–water partition coefficient (Wildman–Crippen LogP) is 4.69. The van der Waals surface area contributed by atoms with Gasteiger partial charge < -0.3 is 9.64 Å². The molecule has 0 radical (unpaired) electrons. The van der Waals surface area contributed by atoms with Crippen LogP contribution in [0.25, 0.3) is 0 Å². The standard InChI is InChI=1S/C28H29FN4O3S/c1-20-16-24-25(18-26(20)37(34,35)31-28-12-6-11-27(29)30-28)36-19-33(24)21(2)23-10-5-8-22(17-23)9-7-15-32-13-3-4-14-32/h5-6,8,10-12,16-18,21H,3-4,13-15,19H2,1-2H3,(H,30,31). The molecule has 1 aromatic heterocycles. The van der Waals surface area contributed by atoms with Crippen LogP contribution in [0.1, 0.15) is 42.5 Å². The predicted molar refractivity (Wildman–Crippen MR) is 142 cm³/mol. The van der Waals surface area contributed by atoms with Gasteiger partial charge in [-0.25, -0.2) is 13.4 Å². The SMILES string of the molecule is Cc1cc2c(cc1S(=O)(=O)Nc1cccc(F)n1)OCN2C(C)c1cccc(C#CCN2CCCC2)c1. The first kappa shape index (κ1) is 25.1. The Hall–Kier alpha value is -3.61. The molecular formula is C28H29FN4O3S. The van der Waals surface area contributed by atoms with Crippen LogP contribution in [-0.2, 0) is 10.0 Å². The Balaban J connectivity index is 1.35. The largest absolute Gasteiger partial charge is 0.471 e. The van der Waals surface area contributed by atoms with Crippen LogP contribution in [0, 0.1) is 24.7 Å². The van der Waals surface area contributed by atoms with E-state index in [0.717, 1.165) is 42.5 Å². The van der Waals surface area contributed by atoms with Crippen LogP contribution >= 0.6 is 0 Å². The van der Waals surface area contributed by atoms with E-state index in [9.17, 15) is 12.8 Å². The zero-order chi connectivity index (χ0) is 26.0. The molecular weight excluding hydrogens is 491 g/mol. The molecule has 37 heavy (non-hydrogen) atoms. The molecule has 7 nitrogen and oxygen atoms in total. The highest BCUT2D eigenvalue weighted by atomic mass is 32.2. The van der Waals surface area contributed by atoms with Crippen LogP contribution < -0.4 is 14.4 Å². The average Bonchev–Trinajstić information content (AvgIpc) is 3.53. The smallest absolute Gasteiger partial charge is 0.263 e. The highest BCUT2D eigenvalue weighted by Gasteiger charge is 2.29. The summed E-state index contributed by atoms with van der Waals surface area (Å²) in [5.74, 6) is 6.21. The number of nitrogens with one attached hydrogen (secondary N) is 1. The maximum Gasteiger partial charge on any atom is 0.263 e. The Bertz CT molecular complexity index is 1480. The van der Waals surface area contributed by atoms with E-state index in [2.05, 4.69) is 50.4 Å². The highest BCUT2D eigenvalue weighted by molar-refractivity contribution is 7.92. The average molecular weight is 521 g/mol. The first-order chi connectivity index (χ1) is 17.8. The lowest BCUT2D eigenvalue weighted by atomic mass is 10.0. The minimum absolute atomic E-state index is 0.0157. The number of rotatable bonds is 6. The van der Waals surface area contributed by atoms with Crippen LogP contribution in [0.4, 0.5) is 15.9 Å². The van der Waals surface area contributed by atoms with Crippen molar-refractivity contribution in [3.63, 3.8) is 0 Å². The third-order valence-electron chi connectivity index (χ3n) is 6.74. The summed E-state index contributed by atoms with van der Waals surface area (Å²) in [6, 6.07) is 15.4. The second kappa shape index (κ2) is 10.4. The number of halogens is 1. The Labute approximate surface area is 217 Å². The van der Waals surface area contributed by atoms with E-state index in [1.807, 2.05) is 18.2 Å². The van der Waals surface area contributed by atoms with Crippen molar-refractivity contribution in [2.45, 2.75) is 37.6 Å². The summed E-state index contributed by atoms with van der Waals surface area (Å²) >= 11 is 0. The first-order valence-electron chi connectivity index (χ1n) is 12.3. The molecule has 0 amide bonds. The van der Waals surface area contributed by atoms with E-state index in [1.54, 1.807) is 6.92 Å². The number of hydrogen-bond donors (Lipinski definition) is 1. The van der Waals surface area contributed by atoms with E-state index in [4.69, 9.17) is 4.74 Å². The fourth-order valence-electron chi connectivity index (χ4n) is 4.72. The molecule has 2 aliphatic rings. The van der Waals surface area contributed by atoms with Crippen LogP contribution in [0.3, 0.4) is 0 Å². The summed E-state index contributed by atoms with van der Waals surface area (Å²) in [5.41, 5.74) is 3.43. The molecule has 3 aromatic rings.